The Bertz CT molecular complexity index is 1080. The van der Waals surface area contributed by atoms with Crippen LogP contribution in [0.5, 0.6) is 5.75 Å². The number of hydrogen-bond donors (Lipinski definition) is 2. The van der Waals surface area contributed by atoms with Crippen molar-refractivity contribution < 1.29 is 22.7 Å². The van der Waals surface area contributed by atoms with E-state index in [2.05, 4.69) is 24.5 Å². The Kier molecular flexibility index (Phi) is 6.17. The molecule has 1 heterocycles. The second-order valence-electron chi connectivity index (χ2n) is 7.84. The molecule has 0 aliphatic carbocycles. The molecule has 0 saturated carbocycles. The summed E-state index contributed by atoms with van der Waals surface area (Å²) in [5, 5.41) is 4.48. The highest BCUT2D eigenvalue weighted by atomic mass is 32.2. The number of rotatable bonds is 6. The maximum atomic E-state index is 13.1. The zero-order valence-electron chi connectivity index (χ0n) is 17.5. The maximum Gasteiger partial charge on any atom is 0.262 e. The van der Waals surface area contributed by atoms with Gasteiger partial charge in [0.15, 0.2) is 16.4 Å². The Balaban J connectivity index is 1.73. The van der Waals surface area contributed by atoms with Crippen LogP contribution in [0, 0.1) is 6.92 Å². The molecule has 0 fully saturated rings. The van der Waals surface area contributed by atoms with E-state index in [9.17, 15) is 18.0 Å². The van der Waals surface area contributed by atoms with E-state index in [0.717, 1.165) is 5.56 Å². The summed E-state index contributed by atoms with van der Waals surface area (Å²) in [6.45, 7) is 7.17. The van der Waals surface area contributed by atoms with Gasteiger partial charge in [-0.1, -0.05) is 26.0 Å². The maximum absolute atomic E-state index is 13.1. The Morgan fingerprint density at radius 2 is 1.83 bits per heavy atom. The van der Waals surface area contributed by atoms with Crippen molar-refractivity contribution in [3.05, 3.63) is 47.5 Å². The zero-order chi connectivity index (χ0) is 22.1. The number of aryl methyl sites for hydroxylation is 1. The number of sulfone groups is 1. The molecule has 2 N–H and O–H groups in total. The van der Waals surface area contributed by atoms with Gasteiger partial charge in [0.05, 0.1) is 15.8 Å². The minimum absolute atomic E-state index is 0.0963. The number of carbonyl (C=O) groups excluding carboxylic acids is 2. The van der Waals surface area contributed by atoms with Crippen LogP contribution in [0.3, 0.4) is 0 Å². The Labute approximate surface area is 176 Å². The van der Waals surface area contributed by atoms with Crippen LogP contribution in [0.2, 0.25) is 0 Å². The van der Waals surface area contributed by atoms with Crippen molar-refractivity contribution in [1.82, 2.24) is 0 Å². The molecule has 0 unspecified atom stereocenters. The van der Waals surface area contributed by atoms with Crippen LogP contribution in [-0.2, 0) is 19.4 Å². The van der Waals surface area contributed by atoms with Crippen molar-refractivity contribution >= 4 is 33.0 Å². The molecule has 2 aromatic rings. The van der Waals surface area contributed by atoms with E-state index in [1.165, 1.54) is 13.0 Å². The van der Waals surface area contributed by atoms with Crippen LogP contribution in [-0.4, -0.2) is 32.1 Å². The summed E-state index contributed by atoms with van der Waals surface area (Å²) in [6.07, 6.45) is -0.178. The molecule has 8 heteroatoms. The van der Waals surface area contributed by atoms with E-state index in [1.54, 1.807) is 13.0 Å². The zero-order valence-corrected chi connectivity index (χ0v) is 18.3. The second-order valence-corrected chi connectivity index (χ2v) is 10.2. The number of nitrogens with one attached hydrogen (secondary N) is 2. The van der Waals surface area contributed by atoms with Crippen LogP contribution in [0.15, 0.2) is 41.3 Å². The summed E-state index contributed by atoms with van der Waals surface area (Å²) in [6, 6.07) is 10.5. The lowest BCUT2D eigenvalue weighted by Crippen LogP contribution is -2.27. The topological polar surface area (TPSA) is 102 Å². The summed E-state index contributed by atoms with van der Waals surface area (Å²) >= 11 is 0. The number of ether oxygens (including phenoxy) is 1. The first-order chi connectivity index (χ1) is 14.1. The van der Waals surface area contributed by atoms with Gasteiger partial charge in [-0.15, -0.1) is 0 Å². The molecule has 2 amide bonds. The van der Waals surface area contributed by atoms with Gasteiger partial charge in [0, 0.05) is 18.2 Å². The molecule has 1 atom stereocenters. The Morgan fingerprint density at radius 1 is 1.17 bits per heavy atom. The highest BCUT2D eigenvalue weighted by Crippen LogP contribution is 2.34. The predicted octanol–water partition coefficient (Wildman–Crippen LogP) is 3.64. The molecule has 0 saturated heterocycles. The molecule has 2 aromatic carbocycles. The SMILES string of the molecule is Cc1cc2c(cc1S(=O)(=O)[C@@H](C)CC(=O)Nc1ccc(C(C)C)cc1)OCC(=O)N2. The molecule has 30 heavy (non-hydrogen) atoms. The third-order valence-electron chi connectivity index (χ3n) is 5.08. The summed E-state index contributed by atoms with van der Waals surface area (Å²) in [4.78, 5) is 24.0. The van der Waals surface area contributed by atoms with Gasteiger partial charge in [0.25, 0.3) is 5.91 Å². The molecule has 0 spiro atoms. The van der Waals surface area contributed by atoms with E-state index in [-0.39, 0.29) is 29.7 Å². The fraction of sp³-hybridized carbons (Fsp3) is 0.364. The third kappa shape index (κ3) is 4.64. The van der Waals surface area contributed by atoms with Gasteiger partial charge >= 0.3 is 0 Å². The minimum atomic E-state index is -3.78. The van der Waals surface area contributed by atoms with Crippen LogP contribution in [0.4, 0.5) is 11.4 Å². The van der Waals surface area contributed by atoms with Gasteiger partial charge in [-0.25, -0.2) is 8.42 Å². The van der Waals surface area contributed by atoms with Crippen LogP contribution >= 0.6 is 0 Å². The average Bonchev–Trinajstić information content (AvgIpc) is 2.67. The third-order valence-corrected chi connectivity index (χ3v) is 7.36. The van der Waals surface area contributed by atoms with Crippen molar-refractivity contribution in [1.29, 1.82) is 0 Å². The number of hydrogen-bond acceptors (Lipinski definition) is 5. The van der Waals surface area contributed by atoms with E-state index in [1.807, 2.05) is 24.3 Å². The number of carbonyl (C=O) groups is 2. The molecule has 0 aromatic heterocycles. The molecule has 7 nitrogen and oxygen atoms in total. The molecule has 0 radical (unpaired) electrons. The van der Waals surface area contributed by atoms with Gasteiger partial charge in [0.2, 0.25) is 5.91 Å². The van der Waals surface area contributed by atoms with Crippen molar-refractivity contribution in [2.75, 3.05) is 17.2 Å². The lowest BCUT2D eigenvalue weighted by molar-refractivity contribution is -0.118. The molecule has 3 rings (SSSR count). The number of fused-ring (bicyclic) bond motifs is 1. The van der Waals surface area contributed by atoms with Gasteiger partial charge in [-0.3, -0.25) is 9.59 Å². The lowest BCUT2D eigenvalue weighted by atomic mass is 10.0. The summed E-state index contributed by atoms with van der Waals surface area (Å²) in [7, 11) is -3.78. The first-order valence-electron chi connectivity index (χ1n) is 9.79. The standard InChI is InChI=1S/C22H26N2O5S/c1-13(2)16-5-7-17(8-6-16)23-21(25)10-15(4)30(27,28)20-11-19-18(9-14(20)3)24-22(26)12-29-19/h5-9,11,13,15H,10,12H2,1-4H3,(H,23,25)(H,24,26)/t15-/m0/s1. The van der Waals surface area contributed by atoms with E-state index in [4.69, 9.17) is 4.74 Å². The number of benzene rings is 2. The minimum Gasteiger partial charge on any atom is -0.482 e. The fourth-order valence-electron chi connectivity index (χ4n) is 3.27. The highest BCUT2D eigenvalue weighted by Gasteiger charge is 2.29. The highest BCUT2D eigenvalue weighted by molar-refractivity contribution is 7.92. The van der Waals surface area contributed by atoms with Crippen LogP contribution in [0.25, 0.3) is 0 Å². The van der Waals surface area contributed by atoms with Gasteiger partial charge < -0.3 is 15.4 Å². The average molecular weight is 431 g/mol. The van der Waals surface area contributed by atoms with E-state index in [0.29, 0.717) is 28.6 Å². The monoisotopic (exact) mass is 430 g/mol. The summed E-state index contributed by atoms with van der Waals surface area (Å²) in [5.41, 5.74) is 2.71. The molecule has 1 aliphatic heterocycles. The quantitative estimate of drug-likeness (QED) is 0.729. The van der Waals surface area contributed by atoms with E-state index < -0.39 is 15.1 Å². The largest absolute Gasteiger partial charge is 0.482 e. The lowest BCUT2D eigenvalue weighted by Gasteiger charge is -2.21. The number of amides is 2. The molecule has 160 valence electrons. The van der Waals surface area contributed by atoms with Gasteiger partial charge in [-0.2, -0.15) is 0 Å². The molecule has 0 bridgehead atoms. The summed E-state index contributed by atoms with van der Waals surface area (Å²) < 4.78 is 31.5. The van der Waals surface area contributed by atoms with E-state index >= 15 is 0 Å². The normalized spacial score (nSPS) is 14.5. The first-order valence-corrected chi connectivity index (χ1v) is 11.3. The van der Waals surface area contributed by atoms with Crippen LogP contribution < -0.4 is 15.4 Å². The van der Waals surface area contributed by atoms with Crippen molar-refractivity contribution in [2.24, 2.45) is 0 Å². The summed E-state index contributed by atoms with van der Waals surface area (Å²) in [5.74, 6) is 0.0317. The molecule has 1 aliphatic rings. The van der Waals surface area contributed by atoms with Crippen molar-refractivity contribution in [2.45, 2.75) is 50.2 Å². The fourth-order valence-corrected chi connectivity index (χ4v) is 4.86. The Morgan fingerprint density at radius 3 is 2.47 bits per heavy atom. The molecular formula is C22H26N2O5S. The van der Waals surface area contributed by atoms with Gasteiger partial charge in [0.1, 0.15) is 5.75 Å². The van der Waals surface area contributed by atoms with Crippen molar-refractivity contribution in [3.8, 4) is 5.75 Å². The second kappa shape index (κ2) is 8.47. The first kappa shape index (κ1) is 21.8. The number of anilines is 2. The van der Waals surface area contributed by atoms with Crippen molar-refractivity contribution in [3.63, 3.8) is 0 Å². The smallest absolute Gasteiger partial charge is 0.262 e. The Hall–Kier alpha value is -2.87. The molecular weight excluding hydrogens is 404 g/mol. The van der Waals surface area contributed by atoms with Gasteiger partial charge in [-0.05, 0) is 49.1 Å². The predicted molar refractivity (Wildman–Crippen MR) is 116 cm³/mol. The van der Waals surface area contributed by atoms with Crippen LogP contribution in [0.1, 0.15) is 44.2 Å².